The van der Waals surface area contributed by atoms with E-state index in [2.05, 4.69) is 16.9 Å². The number of aryl methyl sites for hydroxylation is 2. The SMILES string of the molecule is CC.CCc1cccnc1N.Cc1ccccn1. The van der Waals surface area contributed by atoms with Gasteiger partial charge in [0, 0.05) is 18.1 Å². The highest BCUT2D eigenvalue weighted by molar-refractivity contribution is 5.37. The maximum absolute atomic E-state index is 5.52. The highest BCUT2D eigenvalue weighted by Gasteiger charge is 1.91. The third-order valence-corrected chi connectivity index (χ3v) is 2.12. The summed E-state index contributed by atoms with van der Waals surface area (Å²) in [6.45, 7) is 8.04. The molecule has 0 aromatic carbocycles. The molecule has 0 atom stereocenters. The van der Waals surface area contributed by atoms with Crippen LogP contribution < -0.4 is 5.73 Å². The molecular weight excluding hydrogens is 222 g/mol. The van der Waals surface area contributed by atoms with Crippen LogP contribution in [-0.2, 0) is 6.42 Å². The predicted octanol–water partition coefficient (Wildman–Crippen LogP) is 3.64. The molecule has 0 saturated carbocycles. The zero-order valence-corrected chi connectivity index (χ0v) is 11.7. The van der Waals surface area contributed by atoms with Crippen molar-refractivity contribution >= 4 is 5.82 Å². The van der Waals surface area contributed by atoms with Crippen LogP contribution in [0.1, 0.15) is 32.0 Å². The first kappa shape index (κ1) is 16.1. The Morgan fingerprint density at radius 1 is 1.00 bits per heavy atom. The van der Waals surface area contributed by atoms with E-state index in [1.165, 1.54) is 0 Å². The second-order valence-corrected chi connectivity index (χ2v) is 3.37. The Morgan fingerprint density at radius 3 is 2.00 bits per heavy atom. The van der Waals surface area contributed by atoms with Crippen molar-refractivity contribution in [2.45, 2.75) is 34.1 Å². The number of nitrogens with two attached hydrogens (primary N) is 1. The predicted molar refractivity (Wildman–Crippen MR) is 78.3 cm³/mol. The Kier molecular flexibility index (Phi) is 9.18. The van der Waals surface area contributed by atoms with Crippen LogP contribution in [0.2, 0.25) is 0 Å². The summed E-state index contributed by atoms with van der Waals surface area (Å²) in [7, 11) is 0. The van der Waals surface area contributed by atoms with Gasteiger partial charge in [-0.1, -0.05) is 32.9 Å². The maximum atomic E-state index is 5.52. The minimum atomic E-state index is 0.653. The third kappa shape index (κ3) is 6.63. The normalized spacial score (nSPS) is 8.44. The summed E-state index contributed by atoms with van der Waals surface area (Å²) in [5, 5.41) is 0. The third-order valence-electron chi connectivity index (χ3n) is 2.12. The zero-order chi connectivity index (χ0) is 13.8. The molecule has 2 N–H and O–H groups in total. The van der Waals surface area contributed by atoms with E-state index < -0.39 is 0 Å². The summed E-state index contributed by atoms with van der Waals surface area (Å²) < 4.78 is 0. The molecule has 0 radical (unpaired) electrons. The molecule has 0 unspecified atom stereocenters. The second-order valence-electron chi connectivity index (χ2n) is 3.37. The van der Waals surface area contributed by atoms with Crippen LogP contribution in [-0.4, -0.2) is 9.97 Å². The van der Waals surface area contributed by atoms with Crippen molar-refractivity contribution in [3.63, 3.8) is 0 Å². The van der Waals surface area contributed by atoms with Gasteiger partial charge >= 0.3 is 0 Å². The van der Waals surface area contributed by atoms with Crippen LogP contribution in [0, 0.1) is 6.92 Å². The lowest BCUT2D eigenvalue weighted by molar-refractivity contribution is 1.11. The van der Waals surface area contributed by atoms with Gasteiger partial charge < -0.3 is 5.73 Å². The van der Waals surface area contributed by atoms with Crippen LogP contribution in [0.4, 0.5) is 5.82 Å². The summed E-state index contributed by atoms with van der Waals surface area (Å²) in [5.74, 6) is 0.653. The number of rotatable bonds is 1. The molecule has 0 fully saturated rings. The summed E-state index contributed by atoms with van der Waals surface area (Å²) in [4.78, 5) is 7.91. The molecule has 0 aliphatic carbocycles. The van der Waals surface area contributed by atoms with Crippen molar-refractivity contribution in [1.82, 2.24) is 9.97 Å². The van der Waals surface area contributed by atoms with Gasteiger partial charge in [0.05, 0.1) is 0 Å². The van der Waals surface area contributed by atoms with E-state index in [1.54, 1.807) is 12.4 Å². The number of hydrogen-bond acceptors (Lipinski definition) is 3. The highest BCUT2D eigenvalue weighted by atomic mass is 14.8. The highest BCUT2D eigenvalue weighted by Crippen LogP contribution is 2.05. The molecule has 2 heterocycles. The van der Waals surface area contributed by atoms with Gasteiger partial charge in [0.2, 0.25) is 0 Å². The number of nitrogens with zero attached hydrogens (tertiary/aromatic N) is 2. The lowest BCUT2D eigenvalue weighted by Gasteiger charge is -1.97. The molecule has 0 spiro atoms. The van der Waals surface area contributed by atoms with E-state index in [4.69, 9.17) is 5.73 Å². The first-order chi connectivity index (χ1) is 8.74. The summed E-state index contributed by atoms with van der Waals surface area (Å²) >= 11 is 0. The largest absolute Gasteiger partial charge is 0.383 e. The Balaban J connectivity index is 0.000000289. The minimum absolute atomic E-state index is 0.653. The van der Waals surface area contributed by atoms with Crippen molar-refractivity contribution in [3.8, 4) is 0 Å². The molecule has 2 aromatic heterocycles. The molecule has 2 rings (SSSR count). The maximum Gasteiger partial charge on any atom is 0.126 e. The van der Waals surface area contributed by atoms with E-state index in [0.717, 1.165) is 17.7 Å². The van der Waals surface area contributed by atoms with Gasteiger partial charge in [0.15, 0.2) is 0 Å². The summed E-state index contributed by atoms with van der Waals surface area (Å²) in [6, 6.07) is 9.74. The zero-order valence-electron chi connectivity index (χ0n) is 11.7. The van der Waals surface area contributed by atoms with Crippen LogP contribution in [0.3, 0.4) is 0 Å². The lowest BCUT2D eigenvalue weighted by atomic mass is 10.2. The molecule has 0 aliphatic heterocycles. The van der Waals surface area contributed by atoms with Gasteiger partial charge in [-0.3, -0.25) is 4.98 Å². The molecule has 0 amide bonds. The molecule has 0 saturated heterocycles. The molecule has 18 heavy (non-hydrogen) atoms. The molecule has 3 nitrogen and oxygen atoms in total. The van der Waals surface area contributed by atoms with E-state index in [-0.39, 0.29) is 0 Å². The molecule has 2 aromatic rings. The second kappa shape index (κ2) is 10.3. The molecule has 3 heteroatoms. The first-order valence-electron chi connectivity index (χ1n) is 6.31. The van der Waals surface area contributed by atoms with Gasteiger partial charge in [0.1, 0.15) is 5.82 Å². The van der Waals surface area contributed by atoms with Gasteiger partial charge in [-0.25, -0.2) is 4.98 Å². The number of hydrogen-bond donors (Lipinski definition) is 1. The fraction of sp³-hybridized carbons (Fsp3) is 0.333. The number of aromatic nitrogens is 2. The fourth-order valence-corrected chi connectivity index (χ4v) is 1.20. The Bertz CT molecular complexity index is 413. The van der Waals surface area contributed by atoms with Crippen molar-refractivity contribution in [3.05, 3.63) is 54.0 Å². The average molecular weight is 245 g/mol. The molecule has 98 valence electrons. The molecule has 0 bridgehead atoms. The van der Waals surface area contributed by atoms with E-state index in [1.807, 2.05) is 51.1 Å². The van der Waals surface area contributed by atoms with Crippen molar-refractivity contribution < 1.29 is 0 Å². The van der Waals surface area contributed by atoms with Crippen molar-refractivity contribution in [2.24, 2.45) is 0 Å². The Morgan fingerprint density at radius 2 is 1.67 bits per heavy atom. The standard InChI is InChI=1S/C7H10N2.C6H7N.C2H6/c1-2-6-4-3-5-9-7(6)8;1-6-4-2-3-5-7-6;1-2/h3-5H,2H2,1H3,(H2,8,9);2-5H,1H3;1-2H3. The number of pyridine rings is 2. The van der Waals surface area contributed by atoms with Gasteiger partial charge in [-0.05, 0) is 37.1 Å². The summed E-state index contributed by atoms with van der Waals surface area (Å²) in [6.07, 6.45) is 4.45. The van der Waals surface area contributed by atoms with Crippen molar-refractivity contribution in [2.75, 3.05) is 5.73 Å². The Labute approximate surface area is 110 Å². The first-order valence-corrected chi connectivity index (χ1v) is 6.31. The topological polar surface area (TPSA) is 51.8 Å². The Hall–Kier alpha value is -1.90. The molecular formula is C15H23N3. The lowest BCUT2D eigenvalue weighted by Crippen LogP contribution is -1.94. The molecule has 0 aliphatic rings. The summed E-state index contributed by atoms with van der Waals surface area (Å²) in [5.41, 5.74) is 7.71. The van der Waals surface area contributed by atoms with Gasteiger partial charge in [0.25, 0.3) is 0 Å². The van der Waals surface area contributed by atoms with Crippen molar-refractivity contribution in [1.29, 1.82) is 0 Å². The van der Waals surface area contributed by atoms with Gasteiger partial charge in [-0.15, -0.1) is 0 Å². The number of nitrogen functional groups attached to an aromatic ring is 1. The van der Waals surface area contributed by atoms with Crippen LogP contribution in [0.25, 0.3) is 0 Å². The monoisotopic (exact) mass is 245 g/mol. The van der Waals surface area contributed by atoms with Gasteiger partial charge in [-0.2, -0.15) is 0 Å². The van der Waals surface area contributed by atoms with Crippen LogP contribution in [0.5, 0.6) is 0 Å². The fourth-order valence-electron chi connectivity index (χ4n) is 1.20. The van der Waals surface area contributed by atoms with E-state index in [9.17, 15) is 0 Å². The minimum Gasteiger partial charge on any atom is -0.383 e. The van der Waals surface area contributed by atoms with E-state index in [0.29, 0.717) is 5.82 Å². The quantitative estimate of drug-likeness (QED) is 0.834. The number of anilines is 1. The average Bonchev–Trinajstić information content (AvgIpc) is 2.43. The van der Waals surface area contributed by atoms with E-state index >= 15 is 0 Å². The van der Waals surface area contributed by atoms with Crippen LogP contribution >= 0.6 is 0 Å². The smallest absolute Gasteiger partial charge is 0.126 e. The van der Waals surface area contributed by atoms with Crippen LogP contribution in [0.15, 0.2) is 42.7 Å².